The Morgan fingerprint density at radius 3 is 2.50 bits per heavy atom. The fourth-order valence-corrected chi connectivity index (χ4v) is 3.24. The van der Waals surface area contributed by atoms with Gasteiger partial charge in [0.25, 0.3) is 0 Å². The number of likely N-dealkylation sites (tertiary alicyclic amines) is 1. The summed E-state index contributed by atoms with van der Waals surface area (Å²) in [5.41, 5.74) is 1.14. The molecule has 0 spiro atoms. The Morgan fingerprint density at radius 1 is 1.08 bits per heavy atom. The highest BCUT2D eigenvalue weighted by Gasteiger charge is 2.20. The lowest BCUT2D eigenvalue weighted by Gasteiger charge is -2.32. The molecule has 0 N–H and O–H groups in total. The summed E-state index contributed by atoms with van der Waals surface area (Å²) in [5.74, 6) is 3.00. The second-order valence-electron chi connectivity index (χ2n) is 6.67. The Bertz CT molecular complexity index is 661. The number of hydrogen-bond acceptors (Lipinski definition) is 6. The van der Waals surface area contributed by atoms with Crippen LogP contribution in [0.15, 0.2) is 36.7 Å². The smallest absolute Gasteiger partial charge is 0.153 e. The van der Waals surface area contributed by atoms with Crippen molar-refractivity contribution in [1.82, 2.24) is 14.9 Å². The Morgan fingerprint density at radius 2 is 1.81 bits per heavy atom. The zero-order valence-corrected chi connectivity index (χ0v) is 15.6. The fourth-order valence-electron chi connectivity index (χ4n) is 3.24. The normalized spacial score (nSPS) is 17.8. The van der Waals surface area contributed by atoms with E-state index in [2.05, 4.69) is 14.9 Å². The molecule has 3 rings (SSSR count). The lowest BCUT2D eigenvalue weighted by Crippen LogP contribution is -2.37. The van der Waals surface area contributed by atoms with Gasteiger partial charge in [-0.3, -0.25) is 4.90 Å². The van der Waals surface area contributed by atoms with Crippen molar-refractivity contribution in [2.24, 2.45) is 5.92 Å². The van der Waals surface area contributed by atoms with E-state index < -0.39 is 0 Å². The van der Waals surface area contributed by atoms with E-state index in [1.165, 1.54) is 12.8 Å². The second kappa shape index (κ2) is 9.50. The molecule has 1 aromatic heterocycles. The first kappa shape index (κ1) is 18.6. The second-order valence-corrected chi connectivity index (χ2v) is 6.67. The van der Waals surface area contributed by atoms with E-state index in [-0.39, 0.29) is 0 Å². The van der Waals surface area contributed by atoms with Crippen LogP contribution in [-0.2, 0) is 17.9 Å². The number of aromatic nitrogens is 2. The van der Waals surface area contributed by atoms with Crippen molar-refractivity contribution in [2.75, 3.05) is 33.9 Å². The molecule has 0 unspecified atom stereocenters. The highest BCUT2D eigenvalue weighted by molar-refractivity contribution is 5.31. The molecule has 0 amide bonds. The third kappa shape index (κ3) is 5.41. The first-order chi connectivity index (χ1) is 12.8. The maximum Gasteiger partial charge on any atom is 0.153 e. The molecule has 6 nitrogen and oxygen atoms in total. The average molecular weight is 357 g/mol. The number of nitrogens with zero attached hydrogens (tertiary/aromatic N) is 3. The van der Waals surface area contributed by atoms with Crippen molar-refractivity contribution in [3.63, 3.8) is 0 Å². The van der Waals surface area contributed by atoms with Gasteiger partial charge in [-0.1, -0.05) is 0 Å². The molecule has 1 aliphatic rings. The van der Waals surface area contributed by atoms with Gasteiger partial charge < -0.3 is 14.2 Å². The molecule has 1 fully saturated rings. The summed E-state index contributed by atoms with van der Waals surface area (Å²) >= 11 is 0. The van der Waals surface area contributed by atoms with Gasteiger partial charge >= 0.3 is 0 Å². The van der Waals surface area contributed by atoms with E-state index >= 15 is 0 Å². The zero-order valence-electron chi connectivity index (χ0n) is 15.6. The van der Waals surface area contributed by atoms with Gasteiger partial charge in [0.05, 0.1) is 13.7 Å². The van der Waals surface area contributed by atoms with Crippen molar-refractivity contribution >= 4 is 0 Å². The summed E-state index contributed by atoms with van der Waals surface area (Å²) in [6.45, 7) is 4.22. The van der Waals surface area contributed by atoms with Crippen molar-refractivity contribution in [2.45, 2.75) is 26.0 Å². The summed E-state index contributed by atoms with van der Waals surface area (Å²) in [5, 5.41) is 0. The van der Waals surface area contributed by atoms with Gasteiger partial charge in [0.15, 0.2) is 5.82 Å². The minimum Gasteiger partial charge on any atom is -0.497 e. The highest BCUT2D eigenvalue weighted by Crippen LogP contribution is 2.21. The maximum absolute atomic E-state index is 5.97. The average Bonchev–Trinajstić information content (AvgIpc) is 2.69. The van der Waals surface area contributed by atoms with Gasteiger partial charge in [0, 0.05) is 44.1 Å². The van der Waals surface area contributed by atoms with Crippen LogP contribution >= 0.6 is 0 Å². The lowest BCUT2D eigenvalue weighted by atomic mass is 9.98. The number of methoxy groups -OCH3 is 2. The van der Waals surface area contributed by atoms with Gasteiger partial charge in [-0.2, -0.15) is 0 Å². The van der Waals surface area contributed by atoms with Gasteiger partial charge in [-0.25, -0.2) is 9.97 Å². The molecule has 0 aliphatic carbocycles. The number of ether oxygens (including phenoxy) is 3. The molecule has 1 aromatic carbocycles. The van der Waals surface area contributed by atoms with E-state index in [1.807, 2.05) is 36.7 Å². The van der Waals surface area contributed by atoms with Gasteiger partial charge in [0.2, 0.25) is 0 Å². The first-order valence-corrected chi connectivity index (χ1v) is 9.04. The largest absolute Gasteiger partial charge is 0.497 e. The van der Waals surface area contributed by atoms with Crippen molar-refractivity contribution in [1.29, 1.82) is 0 Å². The summed E-state index contributed by atoms with van der Waals surface area (Å²) in [4.78, 5) is 11.1. The highest BCUT2D eigenvalue weighted by atomic mass is 16.5. The number of rotatable bonds is 8. The molecule has 2 aromatic rings. The fraction of sp³-hybridized carbons (Fsp3) is 0.500. The van der Waals surface area contributed by atoms with Crippen LogP contribution in [0.25, 0.3) is 0 Å². The maximum atomic E-state index is 5.97. The number of benzene rings is 1. The molecule has 1 saturated heterocycles. The van der Waals surface area contributed by atoms with Crippen LogP contribution in [0.5, 0.6) is 11.5 Å². The quantitative estimate of drug-likeness (QED) is 0.724. The van der Waals surface area contributed by atoms with E-state index in [1.54, 1.807) is 14.2 Å². The van der Waals surface area contributed by atoms with Crippen LogP contribution in [0.3, 0.4) is 0 Å². The molecule has 26 heavy (non-hydrogen) atoms. The number of piperidine rings is 1. The van der Waals surface area contributed by atoms with Crippen LogP contribution in [-0.4, -0.2) is 48.8 Å². The first-order valence-electron chi connectivity index (χ1n) is 9.04. The molecule has 0 radical (unpaired) electrons. The van der Waals surface area contributed by atoms with Crippen molar-refractivity contribution in [3.05, 3.63) is 48.0 Å². The Labute approximate surface area is 155 Å². The third-order valence-electron chi connectivity index (χ3n) is 4.59. The van der Waals surface area contributed by atoms with E-state index in [9.17, 15) is 0 Å². The predicted molar refractivity (Wildman–Crippen MR) is 99.2 cm³/mol. The molecular formula is C20H27N3O3. The van der Waals surface area contributed by atoms with Crippen LogP contribution < -0.4 is 9.47 Å². The number of hydrogen-bond donors (Lipinski definition) is 0. The monoisotopic (exact) mass is 357 g/mol. The van der Waals surface area contributed by atoms with Gasteiger partial charge in [-0.15, -0.1) is 0 Å². The molecule has 2 heterocycles. The predicted octanol–water partition coefficient (Wildman–Crippen LogP) is 2.92. The van der Waals surface area contributed by atoms with E-state index in [0.717, 1.165) is 49.1 Å². The molecule has 140 valence electrons. The standard InChI is InChI=1S/C20H27N3O3/c1-24-15-20-21-10-17(11-22-20)13-23-9-3-4-16(12-23)14-26-19-7-5-18(25-2)6-8-19/h5-8,10-11,16H,3-4,9,12-15H2,1-2H3/t16-/m1/s1. The SMILES string of the molecule is COCc1ncc(CN2CCC[C@@H](COc3ccc(OC)cc3)C2)cn1. The Balaban J connectivity index is 1.47. The van der Waals surface area contributed by atoms with Crippen LogP contribution in [0, 0.1) is 5.92 Å². The third-order valence-corrected chi connectivity index (χ3v) is 4.59. The van der Waals surface area contributed by atoms with Gasteiger partial charge in [-0.05, 0) is 43.7 Å². The summed E-state index contributed by atoms with van der Waals surface area (Å²) < 4.78 is 16.2. The topological polar surface area (TPSA) is 56.7 Å². The van der Waals surface area contributed by atoms with E-state index in [0.29, 0.717) is 12.5 Å². The van der Waals surface area contributed by atoms with E-state index in [4.69, 9.17) is 14.2 Å². The van der Waals surface area contributed by atoms with Crippen molar-refractivity contribution < 1.29 is 14.2 Å². The summed E-state index contributed by atoms with van der Waals surface area (Å²) in [7, 11) is 3.32. The molecule has 6 heteroatoms. The summed E-state index contributed by atoms with van der Waals surface area (Å²) in [6.07, 6.45) is 6.20. The molecule has 0 saturated carbocycles. The van der Waals surface area contributed by atoms with Crippen LogP contribution in [0.2, 0.25) is 0 Å². The Kier molecular flexibility index (Phi) is 6.80. The molecule has 1 atom stereocenters. The van der Waals surface area contributed by atoms with Crippen molar-refractivity contribution in [3.8, 4) is 11.5 Å². The van der Waals surface area contributed by atoms with Crippen LogP contribution in [0.1, 0.15) is 24.2 Å². The zero-order chi connectivity index (χ0) is 18.2. The Hall–Kier alpha value is -2.18. The van der Waals surface area contributed by atoms with Gasteiger partial charge in [0.1, 0.15) is 18.1 Å². The molecule has 1 aliphatic heterocycles. The van der Waals surface area contributed by atoms with Crippen LogP contribution in [0.4, 0.5) is 0 Å². The summed E-state index contributed by atoms with van der Waals surface area (Å²) in [6, 6.07) is 7.77. The molecule has 0 bridgehead atoms. The minimum absolute atomic E-state index is 0.453. The lowest BCUT2D eigenvalue weighted by molar-refractivity contribution is 0.125. The minimum atomic E-state index is 0.453. The molecular weight excluding hydrogens is 330 g/mol.